The molecule has 1 aromatic carbocycles. The van der Waals surface area contributed by atoms with Crippen LogP contribution in [0.15, 0.2) is 24.3 Å². The van der Waals surface area contributed by atoms with Gasteiger partial charge in [-0.15, -0.1) is 0 Å². The summed E-state index contributed by atoms with van der Waals surface area (Å²) in [6.07, 6.45) is 0.659. The van der Waals surface area contributed by atoms with E-state index in [1.165, 1.54) is 0 Å². The van der Waals surface area contributed by atoms with Crippen LogP contribution in [-0.4, -0.2) is 91.7 Å². The fourth-order valence-electron chi connectivity index (χ4n) is 4.98. The first-order chi connectivity index (χ1) is 22.2. The highest BCUT2D eigenvalue weighted by atomic mass is 16.6. The predicted molar refractivity (Wildman–Crippen MR) is 175 cm³/mol. The Labute approximate surface area is 276 Å². The fourth-order valence-corrected chi connectivity index (χ4v) is 4.98. The van der Waals surface area contributed by atoms with E-state index in [1.807, 2.05) is 12.1 Å². The van der Waals surface area contributed by atoms with Gasteiger partial charge in [0.1, 0.15) is 18.7 Å². The first-order valence-electron chi connectivity index (χ1n) is 16.0. The van der Waals surface area contributed by atoms with E-state index < -0.39 is 48.0 Å². The second-order valence-corrected chi connectivity index (χ2v) is 12.4. The maximum Gasteiger partial charge on any atom is 0.407 e. The molecular weight excluding hydrogens is 610 g/mol. The maximum absolute atomic E-state index is 13.3. The van der Waals surface area contributed by atoms with Gasteiger partial charge >= 0.3 is 12.1 Å². The van der Waals surface area contributed by atoms with Gasteiger partial charge in [-0.25, -0.2) is 9.59 Å². The second kappa shape index (κ2) is 19.4. The lowest BCUT2D eigenvalue weighted by Crippen LogP contribution is -2.54. The molecule has 0 aromatic heterocycles. The van der Waals surface area contributed by atoms with Crippen molar-refractivity contribution in [3.63, 3.8) is 0 Å². The summed E-state index contributed by atoms with van der Waals surface area (Å²) in [5.41, 5.74) is 12.6. The largest absolute Gasteiger partial charge is 0.447 e. The number of nitrogens with zero attached hydrogens (tertiary/aromatic N) is 1. The van der Waals surface area contributed by atoms with Crippen molar-refractivity contribution in [3.8, 4) is 0 Å². The lowest BCUT2D eigenvalue weighted by molar-refractivity contribution is -0.140. The third-order valence-corrected chi connectivity index (χ3v) is 7.52. The minimum Gasteiger partial charge on any atom is -0.447 e. The maximum atomic E-state index is 13.3. The minimum atomic E-state index is -1.03. The van der Waals surface area contributed by atoms with Crippen molar-refractivity contribution in [2.24, 2.45) is 29.2 Å². The van der Waals surface area contributed by atoms with Crippen molar-refractivity contribution in [1.82, 2.24) is 20.9 Å². The van der Waals surface area contributed by atoms with Crippen LogP contribution in [0.3, 0.4) is 0 Å². The van der Waals surface area contributed by atoms with Crippen molar-refractivity contribution < 1.29 is 38.2 Å². The Balaban J connectivity index is 1.89. The zero-order valence-electron chi connectivity index (χ0n) is 28.0. The number of benzene rings is 1. The van der Waals surface area contributed by atoms with Gasteiger partial charge < -0.3 is 42.2 Å². The Kier molecular flexibility index (Phi) is 16.1. The van der Waals surface area contributed by atoms with Crippen LogP contribution in [0.4, 0.5) is 15.3 Å². The Morgan fingerprint density at radius 3 is 2.21 bits per heavy atom. The number of primary amides is 1. The van der Waals surface area contributed by atoms with Crippen LogP contribution >= 0.6 is 0 Å². The average molecular weight is 662 g/mol. The van der Waals surface area contributed by atoms with E-state index >= 15 is 0 Å². The zero-order valence-corrected chi connectivity index (χ0v) is 28.0. The predicted octanol–water partition coefficient (Wildman–Crippen LogP) is 1.25. The number of carbonyl (C=O) groups excluding carboxylic acids is 6. The van der Waals surface area contributed by atoms with Gasteiger partial charge in [0, 0.05) is 24.7 Å². The van der Waals surface area contributed by atoms with Gasteiger partial charge in [0.2, 0.25) is 23.6 Å². The Morgan fingerprint density at radius 2 is 1.64 bits per heavy atom. The Morgan fingerprint density at radius 1 is 0.957 bits per heavy atom. The molecule has 0 radical (unpaired) electrons. The van der Waals surface area contributed by atoms with Crippen LogP contribution in [0.2, 0.25) is 0 Å². The van der Waals surface area contributed by atoms with Crippen LogP contribution < -0.4 is 32.7 Å². The van der Waals surface area contributed by atoms with Crippen molar-refractivity contribution in [2.45, 2.75) is 78.4 Å². The van der Waals surface area contributed by atoms with Gasteiger partial charge in [0.15, 0.2) is 0 Å². The van der Waals surface area contributed by atoms with Gasteiger partial charge in [-0.2, -0.15) is 0 Å². The SMILES string of the molecule is CC(C)Cc1ccc(NC(=O)[C@H](CCCNC(N)=O)NC(=O)[C@@H](NC(=O)OCCOCCN2C(=O)CC(C(C)N)C2=O)C(C)C)cc1. The molecule has 1 aliphatic rings. The molecule has 8 N–H and O–H groups in total. The topological polar surface area (TPSA) is 224 Å². The van der Waals surface area contributed by atoms with E-state index in [0.717, 1.165) is 16.9 Å². The van der Waals surface area contributed by atoms with E-state index in [-0.39, 0.29) is 63.5 Å². The van der Waals surface area contributed by atoms with E-state index in [0.29, 0.717) is 18.0 Å². The molecule has 0 spiro atoms. The molecule has 1 aromatic rings. The normalized spacial score (nSPS) is 16.5. The van der Waals surface area contributed by atoms with Crippen molar-refractivity contribution >= 4 is 41.4 Å². The molecule has 1 aliphatic heterocycles. The van der Waals surface area contributed by atoms with Crippen molar-refractivity contribution in [1.29, 1.82) is 0 Å². The molecule has 1 saturated heterocycles. The van der Waals surface area contributed by atoms with Gasteiger partial charge in [-0.05, 0) is 55.7 Å². The summed E-state index contributed by atoms with van der Waals surface area (Å²) in [7, 11) is 0. The smallest absolute Gasteiger partial charge is 0.407 e. The highest BCUT2D eigenvalue weighted by Crippen LogP contribution is 2.21. The fraction of sp³-hybridized carbons (Fsp3) is 0.625. The molecule has 4 atom stereocenters. The molecular formula is C32H51N7O8. The van der Waals surface area contributed by atoms with Crippen LogP contribution in [0.25, 0.3) is 0 Å². The average Bonchev–Trinajstić information content (AvgIpc) is 3.28. The Hall–Kier alpha value is -4.24. The molecule has 1 fully saturated rings. The summed E-state index contributed by atoms with van der Waals surface area (Å²) in [5.74, 6) is -2.07. The van der Waals surface area contributed by atoms with Crippen LogP contribution in [0, 0.1) is 17.8 Å². The molecule has 47 heavy (non-hydrogen) atoms. The molecule has 7 amide bonds. The molecule has 0 saturated carbocycles. The summed E-state index contributed by atoms with van der Waals surface area (Å²) in [6.45, 7) is 9.58. The third kappa shape index (κ3) is 13.6. The minimum absolute atomic E-state index is 0.00106. The second-order valence-electron chi connectivity index (χ2n) is 12.4. The van der Waals surface area contributed by atoms with E-state index in [9.17, 15) is 28.8 Å². The lowest BCUT2D eigenvalue weighted by Gasteiger charge is -2.25. The van der Waals surface area contributed by atoms with Crippen LogP contribution in [0.5, 0.6) is 0 Å². The monoisotopic (exact) mass is 661 g/mol. The van der Waals surface area contributed by atoms with Gasteiger partial charge in [-0.1, -0.05) is 39.8 Å². The van der Waals surface area contributed by atoms with Gasteiger partial charge in [0.25, 0.3) is 0 Å². The highest BCUT2D eigenvalue weighted by Gasteiger charge is 2.40. The summed E-state index contributed by atoms with van der Waals surface area (Å²) < 4.78 is 10.6. The van der Waals surface area contributed by atoms with Gasteiger partial charge in [-0.3, -0.25) is 24.1 Å². The summed E-state index contributed by atoms with van der Waals surface area (Å²) >= 11 is 0. The molecule has 15 heteroatoms. The van der Waals surface area contributed by atoms with Crippen LogP contribution in [0.1, 0.15) is 59.4 Å². The number of hydrogen-bond acceptors (Lipinski definition) is 9. The third-order valence-electron chi connectivity index (χ3n) is 7.52. The van der Waals surface area contributed by atoms with Crippen LogP contribution in [-0.2, 0) is 35.1 Å². The number of amides is 7. The first-order valence-corrected chi connectivity index (χ1v) is 16.0. The standard InChI is InChI=1S/C32H51N7O8/c1-19(2)17-22-8-10-23(11-9-22)36-28(41)25(7-6-12-35-31(34)44)37-29(42)27(20(3)4)38-32(45)47-16-15-46-14-13-39-26(40)18-24(21(5)33)30(39)43/h8-11,19-21,24-25,27H,6-7,12-18,33H2,1-5H3,(H,36,41)(H,37,42)(H,38,45)(H3,34,35,44)/t21?,24?,25-,27-/m0/s1. The molecule has 2 unspecified atom stereocenters. The van der Waals surface area contributed by atoms with Crippen molar-refractivity contribution in [3.05, 3.63) is 29.8 Å². The number of ether oxygens (including phenoxy) is 2. The quantitative estimate of drug-likeness (QED) is 0.0925. The lowest BCUT2D eigenvalue weighted by atomic mass is 10.0. The van der Waals surface area contributed by atoms with E-state index in [2.05, 4.69) is 35.1 Å². The summed E-state index contributed by atoms with van der Waals surface area (Å²) in [5, 5.41) is 10.5. The number of nitrogens with two attached hydrogens (primary N) is 2. The number of anilines is 1. The number of nitrogens with one attached hydrogen (secondary N) is 4. The molecule has 0 bridgehead atoms. The molecule has 0 aliphatic carbocycles. The number of likely N-dealkylation sites (tertiary alicyclic amines) is 1. The Bertz CT molecular complexity index is 1220. The van der Waals surface area contributed by atoms with Crippen molar-refractivity contribution in [2.75, 3.05) is 38.2 Å². The summed E-state index contributed by atoms with van der Waals surface area (Å²) in [6, 6.07) is 4.34. The number of imide groups is 1. The van der Waals surface area contributed by atoms with Gasteiger partial charge in [0.05, 0.1) is 25.7 Å². The zero-order chi connectivity index (χ0) is 35.1. The number of carbonyl (C=O) groups is 6. The van der Waals surface area contributed by atoms with E-state index in [1.54, 1.807) is 32.9 Å². The highest BCUT2D eigenvalue weighted by molar-refractivity contribution is 6.04. The number of rotatable bonds is 19. The van der Waals surface area contributed by atoms with E-state index in [4.69, 9.17) is 20.9 Å². The molecule has 262 valence electrons. The summed E-state index contributed by atoms with van der Waals surface area (Å²) in [4.78, 5) is 75.6. The number of hydrogen-bond donors (Lipinski definition) is 6. The molecule has 15 nitrogen and oxygen atoms in total. The first kappa shape index (κ1) is 38.9. The molecule has 1 heterocycles. The number of urea groups is 1. The number of alkyl carbamates (subject to hydrolysis) is 1. The molecule has 2 rings (SSSR count).